The topological polar surface area (TPSA) is 96.3 Å². The van der Waals surface area contributed by atoms with Crippen LogP contribution in [0.1, 0.15) is 38.4 Å². The maximum atomic E-state index is 13.4. The molecule has 8 nitrogen and oxygen atoms in total. The van der Waals surface area contributed by atoms with Gasteiger partial charge in [-0.2, -0.15) is 3.97 Å². The Hall–Kier alpha value is -3.07. The van der Waals surface area contributed by atoms with Gasteiger partial charge in [-0.3, -0.25) is 4.57 Å². The third kappa shape index (κ3) is 3.63. The Bertz CT molecular complexity index is 1430. The van der Waals surface area contributed by atoms with Crippen molar-refractivity contribution in [3.8, 4) is 5.75 Å². The minimum absolute atomic E-state index is 0.203. The summed E-state index contributed by atoms with van der Waals surface area (Å²) >= 11 is 0. The number of imidazole rings is 1. The molecule has 0 atom stereocenters. The van der Waals surface area contributed by atoms with Gasteiger partial charge in [-0.1, -0.05) is 24.2 Å². The lowest BCUT2D eigenvalue weighted by Crippen LogP contribution is -2.33. The molecule has 2 aromatic heterocycles. The van der Waals surface area contributed by atoms with Crippen LogP contribution in [0.25, 0.3) is 22.0 Å². The number of hydrogen-bond acceptors (Lipinski definition) is 6. The Morgan fingerprint density at radius 1 is 1.16 bits per heavy atom. The van der Waals surface area contributed by atoms with E-state index in [0.29, 0.717) is 29.2 Å². The summed E-state index contributed by atoms with van der Waals surface area (Å²) in [6.45, 7) is 7.74. The molecule has 0 bridgehead atoms. The van der Waals surface area contributed by atoms with Crippen LogP contribution in [0.2, 0.25) is 0 Å². The molecule has 0 saturated carbocycles. The molecule has 0 spiro atoms. The van der Waals surface area contributed by atoms with Crippen molar-refractivity contribution in [2.75, 3.05) is 6.61 Å². The number of aromatic nitrogens is 3. The summed E-state index contributed by atoms with van der Waals surface area (Å²) in [5.41, 5.74) is 2.12. The lowest BCUT2D eigenvalue weighted by molar-refractivity contribution is 0.317. The van der Waals surface area contributed by atoms with Crippen LogP contribution in [-0.2, 0) is 16.6 Å². The Morgan fingerprint density at radius 3 is 2.65 bits per heavy atom. The van der Waals surface area contributed by atoms with Gasteiger partial charge < -0.3 is 9.26 Å². The van der Waals surface area contributed by atoms with Gasteiger partial charge in [0.1, 0.15) is 5.75 Å². The Labute approximate surface area is 180 Å². The fourth-order valence-corrected chi connectivity index (χ4v) is 4.68. The largest absolute Gasteiger partial charge is 0.494 e. The van der Waals surface area contributed by atoms with Crippen LogP contribution in [0.4, 0.5) is 0 Å². The normalized spacial score (nSPS) is 12.3. The van der Waals surface area contributed by atoms with Gasteiger partial charge in [-0.25, -0.2) is 13.2 Å². The highest BCUT2D eigenvalue weighted by molar-refractivity contribution is 7.90. The van der Waals surface area contributed by atoms with Crippen molar-refractivity contribution in [3.05, 3.63) is 58.1 Å². The van der Waals surface area contributed by atoms with Crippen molar-refractivity contribution in [2.24, 2.45) is 0 Å². The van der Waals surface area contributed by atoms with Crippen molar-refractivity contribution in [1.29, 1.82) is 0 Å². The Morgan fingerprint density at radius 2 is 1.94 bits per heavy atom. The maximum Gasteiger partial charge on any atom is 0.343 e. The van der Waals surface area contributed by atoms with E-state index in [9.17, 15) is 13.2 Å². The molecule has 4 aromatic rings. The maximum absolute atomic E-state index is 13.4. The average Bonchev–Trinajstić information content (AvgIpc) is 3.22. The fraction of sp³-hybridized carbons (Fsp3) is 0.364. The fourth-order valence-electron chi connectivity index (χ4n) is 3.52. The molecule has 2 heterocycles. The molecule has 0 saturated heterocycles. The molecule has 9 heteroatoms. The van der Waals surface area contributed by atoms with E-state index >= 15 is 0 Å². The van der Waals surface area contributed by atoms with Crippen LogP contribution >= 0.6 is 0 Å². The molecule has 0 fully saturated rings. The number of aryl methyl sites for hydroxylation is 1. The number of benzene rings is 2. The highest BCUT2D eigenvalue weighted by Gasteiger charge is 2.27. The standard InChI is InChI=1S/C22H25N3O5S/c1-5-9-29-17-8-6-7-16(10-17)13-24-19-11-18-15(4)23-30-21(18)12-20(19)25(22(24)26)31(27,28)14(2)3/h6-8,10-12,14H,5,9,13H2,1-4H3. The molecule has 0 unspecified atom stereocenters. The predicted molar refractivity (Wildman–Crippen MR) is 119 cm³/mol. The molecular formula is C22H25N3O5S. The zero-order valence-corrected chi connectivity index (χ0v) is 18.8. The summed E-state index contributed by atoms with van der Waals surface area (Å²) in [6, 6.07) is 10.8. The molecule has 0 aliphatic carbocycles. The van der Waals surface area contributed by atoms with Crippen LogP contribution < -0.4 is 10.4 Å². The van der Waals surface area contributed by atoms with Gasteiger partial charge in [0.25, 0.3) is 0 Å². The summed E-state index contributed by atoms with van der Waals surface area (Å²) in [4.78, 5) is 13.4. The monoisotopic (exact) mass is 443 g/mol. The van der Waals surface area contributed by atoms with Crippen LogP contribution in [0.15, 0.2) is 45.7 Å². The number of nitrogens with zero attached hydrogens (tertiary/aromatic N) is 3. The van der Waals surface area contributed by atoms with Crippen molar-refractivity contribution in [3.63, 3.8) is 0 Å². The van der Waals surface area contributed by atoms with Crippen molar-refractivity contribution in [2.45, 2.75) is 45.9 Å². The third-order valence-electron chi connectivity index (χ3n) is 5.22. The molecule has 0 radical (unpaired) electrons. The first-order valence-corrected chi connectivity index (χ1v) is 11.7. The second-order valence-corrected chi connectivity index (χ2v) is 10.2. The molecular weight excluding hydrogens is 418 g/mol. The van der Waals surface area contributed by atoms with Crippen molar-refractivity contribution < 1.29 is 17.7 Å². The highest BCUT2D eigenvalue weighted by atomic mass is 32.2. The van der Waals surface area contributed by atoms with Gasteiger partial charge >= 0.3 is 5.69 Å². The first-order valence-electron chi connectivity index (χ1n) is 10.2. The van der Waals surface area contributed by atoms with E-state index in [1.165, 1.54) is 4.57 Å². The molecule has 4 rings (SSSR count). The van der Waals surface area contributed by atoms with E-state index in [1.54, 1.807) is 32.9 Å². The molecule has 0 amide bonds. The smallest absolute Gasteiger partial charge is 0.343 e. The van der Waals surface area contributed by atoms with Crippen LogP contribution in [-0.4, -0.2) is 34.0 Å². The van der Waals surface area contributed by atoms with Gasteiger partial charge in [0.2, 0.25) is 10.0 Å². The number of fused-ring (bicyclic) bond motifs is 2. The molecule has 2 aromatic carbocycles. The van der Waals surface area contributed by atoms with Crippen LogP contribution in [0.3, 0.4) is 0 Å². The van der Waals surface area contributed by atoms with Crippen molar-refractivity contribution in [1.82, 2.24) is 13.7 Å². The zero-order chi connectivity index (χ0) is 22.3. The number of rotatable bonds is 7. The van der Waals surface area contributed by atoms with Gasteiger partial charge in [-0.05, 0) is 51.0 Å². The van der Waals surface area contributed by atoms with Gasteiger partial charge in [0.15, 0.2) is 5.58 Å². The lowest BCUT2D eigenvalue weighted by atomic mass is 10.2. The third-order valence-corrected chi connectivity index (χ3v) is 7.28. The number of hydrogen-bond donors (Lipinski definition) is 0. The molecule has 164 valence electrons. The van der Waals surface area contributed by atoms with Gasteiger partial charge in [-0.15, -0.1) is 0 Å². The minimum Gasteiger partial charge on any atom is -0.494 e. The molecule has 0 aliphatic heterocycles. The second kappa shape index (κ2) is 7.88. The predicted octanol–water partition coefficient (Wildman–Crippen LogP) is 3.68. The molecule has 0 N–H and O–H groups in total. The SMILES string of the molecule is CCCOc1cccc(Cn2c(=O)n(S(=O)(=O)C(C)C)c3cc4onc(C)c4cc32)c1. The van der Waals surface area contributed by atoms with E-state index < -0.39 is 21.0 Å². The van der Waals surface area contributed by atoms with Crippen LogP contribution in [0, 0.1) is 6.92 Å². The van der Waals surface area contributed by atoms with Crippen LogP contribution in [0.5, 0.6) is 5.75 Å². The summed E-state index contributed by atoms with van der Waals surface area (Å²) in [7, 11) is -3.89. The second-order valence-electron chi connectivity index (χ2n) is 7.83. The quantitative estimate of drug-likeness (QED) is 0.432. The van der Waals surface area contributed by atoms with E-state index in [-0.39, 0.29) is 12.1 Å². The van der Waals surface area contributed by atoms with E-state index in [0.717, 1.165) is 21.3 Å². The summed E-state index contributed by atoms with van der Waals surface area (Å²) < 4.78 is 39.4. The van der Waals surface area contributed by atoms with E-state index in [2.05, 4.69) is 5.16 Å². The van der Waals surface area contributed by atoms with Gasteiger partial charge in [0.05, 0.1) is 35.1 Å². The summed E-state index contributed by atoms with van der Waals surface area (Å²) in [5.74, 6) is 0.711. The van der Waals surface area contributed by atoms with Gasteiger partial charge in [0, 0.05) is 11.5 Å². The summed E-state index contributed by atoms with van der Waals surface area (Å²) in [6.07, 6.45) is 0.887. The minimum atomic E-state index is -3.89. The molecule has 0 aliphatic rings. The Kier molecular flexibility index (Phi) is 5.38. The lowest BCUT2D eigenvalue weighted by Gasteiger charge is -2.09. The average molecular weight is 444 g/mol. The molecule has 31 heavy (non-hydrogen) atoms. The Balaban J connectivity index is 1.94. The van der Waals surface area contributed by atoms with E-state index in [4.69, 9.17) is 9.26 Å². The summed E-state index contributed by atoms with van der Waals surface area (Å²) in [5, 5.41) is 3.94. The van der Waals surface area contributed by atoms with Crippen molar-refractivity contribution >= 4 is 32.0 Å². The highest BCUT2D eigenvalue weighted by Crippen LogP contribution is 2.27. The zero-order valence-electron chi connectivity index (χ0n) is 18.0. The van der Waals surface area contributed by atoms with E-state index in [1.807, 2.05) is 31.2 Å². The first-order chi connectivity index (χ1) is 14.7. The first kappa shape index (κ1) is 21.2. The number of ether oxygens (including phenoxy) is 1.